The molecule has 0 aliphatic carbocycles. The molecule has 1 aromatic carbocycles. The van der Waals surface area contributed by atoms with E-state index in [1.54, 1.807) is 20.8 Å². The second-order valence-electron chi connectivity index (χ2n) is 7.00. The maximum absolute atomic E-state index is 12.1. The summed E-state index contributed by atoms with van der Waals surface area (Å²) in [5.41, 5.74) is 2.34. The Kier molecular flexibility index (Phi) is 13.1. The fraction of sp³-hybridized carbons (Fsp3) is 0.455. The number of esters is 2. The van der Waals surface area contributed by atoms with Gasteiger partial charge in [0.05, 0.1) is 13.2 Å². The van der Waals surface area contributed by atoms with Gasteiger partial charge in [-0.15, -0.1) is 0 Å². The van der Waals surface area contributed by atoms with Crippen molar-refractivity contribution >= 4 is 43.8 Å². The molecule has 2 atom stereocenters. The largest absolute Gasteiger partial charge is 0.455 e. The Morgan fingerprint density at radius 2 is 1.33 bits per heavy atom. The lowest BCUT2D eigenvalue weighted by Crippen LogP contribution is -2.28. The molecule has 0 radical (unpaired) electrons. The summed E-state index contributed by atoms with van der Waals surface area (Å²) in [6.45, 7) is 15.9. The maximum Gasteiger partial charge on any atom is 0.333 e. The van der Waals surface area contributed by atoms with Crippen LogP contribution in [0.15, 0.2) is 45.4 Å². The predicted octanol–water partition coefficient (Wildman–Crippen LogP) is 4.97. The van der Waals surface area contributed by atoms with E-state index in [9.17, 15) is 9.59 Å². The van der Waals surface area contributed by atoms with Gasteiger partial charge in [-0.2, -0.15) is 0 Å². The summed E-state index contributed by atoms with van der Waals surface area (Å²) in [6, 6.07) is 3.94. The molecule has 30 heavy (non-hydrogen) atoms. The SMILES string of the molecule is C=C(C)C(=O)OC(C)C(OC(=O)C(=C)C)c1c(Br)cc(C(C)C)cc1Br.OCCO. The zero-order valence-electron chi connectivity index (χ0n) is 18.0. The smallest absolute Gasteiger partial charge is 0.333 e. The normalized spacial score (nSPS) is 12.3. The molecular formula is C22H30Br2O6. The number of hydrogen-bond donors (Lipinski definition) is 2. The summed E-state index contributed by atoms with van der Waals surface area (Å²) in [7, 11) is 0. The van der Waals surface area contributed by atoms with Crippen LogP contribution in [-0.2, 0) is 19.1 Å². The van der Waals surface area contributed by atoms with Crippen molar-refractivity contribution in [1.82, 2.24) is 0 Å². The highest BCUT2D eigenvalue weighted by molar-refractivity contribution is 9.11. The average molecular weight is 550 g/mol. The van der Waals surface area contributed by atoms with Crippen LogP contribution in [0.3, 0.4) is 0 Å². The van der Waals surface area contributed by atoms with E-state index in [2.05, 4.69) is 58.9 Å². The monoisotopic (exact) mass is 548 g/mol. The van der Waals surface area contributed by atoms with E-state index in [4.69, 9.17) is 19.7 Å². The number of aliphatic hydroxyl groups is 2. The van der Waals surface area contributed by atoms with Crippen molar-refractivity contribution in [3.63, 3.8) is 0 Å². The molecule has 0 aliphatic rings. The molecule has 1 aromatic rings. The molecule has 0 bridgehead atoms. The van der Waals surface area contributed by atoms with Gasteiger partial charge in [0.25, 0.3) is 0 Å². The molecule has 8 heteroatoms. The minimum Gasteiger partial charge on any atom is -0.455 e. The molecule has 2 N–H and O–H groups in total. The molecule has 0 aliphatic heterocycles. The fourth-order valence-corrected chi connectivity index (χ4v) is 3.82. The molecule has 168 valence electrons. The van der Waals surface area contributed by atoms with Crippen molar-refractivity contribution in [2.45, 2.75) is 52.7 Å². The van der Waals surface area contributed by atoms with E-state index in [-0.39, 0.29) is 24.4 Å². The third kappa shape index (κ3) is 9.12. The number of ether oxygens (including phenoxy) is 2. The van der Waals surface area contributed by atoms with Crippen molar-refractivity contribution in [2.24, 2.45) is 0 Å². The Bertz CT molecular complexity index is 748. The van der Waals surface area contributed by atoms with Gasteiger partial charge in [0.15, 0.2) is 6.10 Å². The van der Waals surface area contributed by atoms with Gasteiger partial charge in [-0.05, 0) is 44.4 Å². The zero-order chi connectivity index (χ0) is 23.6. The summed E-state index contributed by atoms with van der Waals surface area (Å²) < 4.78 is 12.5. The first-order valence-electron chi connectivity index (χ1n) is 9.30. The second-order valence-corrected chi connectivity index (χ2v) is 8.71. The molecule has 0 spiro atoms. The van der Waals surface area contributed by atoms with Gasteiger partial charge in [0.1, 0.15) is 6.10 Å². The van der Waals surface area contributed by atoms with Crippen molar-refractivity contribution in [3.8, 4) is 0 Å². The van der Waals surface area contributed by atoms with Gasteiger partial charge < -0.3 is 19.7 Å². The standard InChI is InChI=1S/C20H24Br2O4.C2H6O2/c1-10(2)14-8-15(21)17(16(22)9-14)18(26-20(24)12(5)6)13(7)25-19(23)11(3)4;3-1-2-4/h8-10,13,18H,3,5H2,1-2,4,6-7H3;3-4H,1-2H2. The van der Waals surface area contributed by atoms with Crippen LogP contribution in [0.5, 0.6) is 0 Å². The van der Waals surface area contributed by atoms with Gasteiger partial charge in [-0.25, -0.2) is 9.59 Å². The molecule has 0 fully saturated rings. The lowest BCUT2D eigenvalue weighted by molar-refractivity contribution is -0.162. The van der Waals surface area contributed by atoms with Crippen molar-refractivity contribution < 1.29 is 29.3 Å². The number of benzene rings is 1. The van der Waals surface area contributed by atoms with Crippen molar-refractivity contribution in [2.75, 3.05) is 13.2 Å². The van der Waals surface area contributed by atoms with Crippen LogP contribution in [0.4, 0.5) is 0 Å². The zero-order valence-corrected chi connectivity index (χ0v) is 21.2. The van der Waals surface area contributed by atoms with Crippen molar-refractivity contribution in [1.29, 1.82) is 0 Å². The first-order chi connectivity index (χ1) is 13.9. The Labute approximate surface area is 195 Å². The Balaban J connectivity index is 0.00000192. The van der Waals surface area contributed by atoms with Gasteiger partial charge >= 0.3 is 11.9 Å². The third-order valence-electron chi connectivity index (χ3n) is 3.80. The number of carbonyl (C=O) groups excluding carboxylic acids is 2. The van der Waals surface area contributed by atoms with Gasteiger partial charge in [0.2, 0.25) is 0 Å². The Hall–Kier alpha value is -1.48. The quantitative estimate of drug-likeness (QED) is 0.351. The van der Waals surface area contributed by atoms with Crippen LogP contribution >= 0.6 is 31.9 Å². The number of carbonyl (C=O) groups is 2. The summed E-state index contributed by atoms with van der Waals surface area (Å²) in [4.78, 5) is 24.1. The molecule has 0 aromatic heterocycles. The summed E-state index contributed by atoms with van der Waals surface area (Å²) in [5, 5.41) is 15.2. The topological polar surface area (TPSA) is 93.1 Å². The van der Waals surface area contributed by atoms with Gasteiger partial charge in [0, 0.05) is 25.7 Å². The molecule has 0 saturated carbocycles. The molecule has 0 amide bonds. The van der Waals surface area contributed by atoms with E-state index >= 15 is 0 Å². The first kappa shape index (κ1) is 28.5. The molecule has 2 unspecified atom stereocenters. The lowest BCUT2D eigenvalue weighted by Gasteiger charge is -2.27. The minimum atomic E-state index is -0.813. The first-order valence-corrected chi connectivity index (χ1v) is 10.9. The molecule has 0 saturated heterocycles. The van der Waals surface area contributed by atoms with E-state index in [1.165, 1.54) is 0 Å². The number of rotatable bonds is 8. The number of halogens is 2. The highest BCUT2D eigenvalue weighted by Gasteiger charge is 2.31. The van der Waals surface area contributed by atoms with Crippen LogP contribution in [0.2, 0.25) is 0 Å². The third-order valence-corrected chi connectivity index (χ3v) is 5.11. The Morgan fingerprint density at radius 3 is 1.67 bits per heavy atom. The van der Waals surface area contributed by atoms with Crippen LogP contribution in [0.1, 0.15) is 57.8 Å². The van der Waals surface area contributed by atoms with Crippen LogP contribution in [0, 0.1) is 0 Å². The summed E-state index contributed by atoms with van der Waals surface area (Å²) in [5.74, 6) is -0.772. The molecular weight excluding hydrogens is 520 g/mol. The lowest BCUT2D eigenvalue weighted by atomic mass is 9.98. The predicted molar refractivity (Wildman–Crippen MR) is 124 cm³/mol. The molecule has 6 nitrogen and oxygen atoms in total. The highest BCUT2D eigenvalue weighted by atomic mass is 79.9. The van der Waals surface area contributed by atoms with E-state index in [0.29, 0.717) is 11.5 Å². The maximum atomic E-state index is 12.1. The van der Waals surface area contributed by atoms with E-state index < -0.39 is 24.1 Å². The van der Waals surface area contributed by atoms with Gasteiger partial charge in [-0.1, -0.05) is 58.9 Å². The van der Waals surface area contributed by atoms with E-state index in [1.807, 2.05) is 12.1 Å². The summed E-state index contributed by atoms with van der Waals surface area (Å²) >= 11 is 7.11. The van der Waals surface area contributed by atoms with Crippen LogP contribution in [-0.4, -0.2) is 41.5 Å². The Morgan fingerprint density at radius 1 is 0.933 bits per heavy atom. The average Bonchev–Trinajstić information content (AvgIpc) is 2.66. The van der Waals surface area contributed by atoms with Crippen molar-refractivity contribution in [3.05, 3.63) is 56.5 Å². The molecule has 1 rings (SSSR count). The van der Waals surface area contributed by atoms with Crippen LogP contribution < -0.4 is 0 Å². The minimum absolute atomic E-state index is 0.125. The number of aliphatic hydroxyl groups excluding tert-OH is 2. The molecule has 0 heterocycles. The van der Waals surface area contributed by atoms with Gasteiger partial charge in [-0.3, -0.25) is 0 Å². The summed E-state index contributed by atoms with van der Waals surface area (Å²) in [6.07, 6.45) is -1.53. The second kappa shape index (κ2) is 13.7. The van der Waals surface area contributed by atoms with Crippen LogP contribution in [0.25, 0.3) is 0 Å². The highest BCUT2D eigenvalue weighted by Crippen LogP contribution is 2.38. The fourth-order valence-electron chi connectivity index (χ4n) is 2.15. The van der Waals surface area contributed by atoms with E-state index in [0.717, 1.165) is 14.5 Å². The number of hydrogen-bond acceptors (Lipinski definition) is 6.